The highest BCUT2D eigenvalue weighted by molar-refractivity contribution is 5.92. The normalized spacial score (nSPS) is 9.85. The van der Waals surface area contributed by atoms with Gasteiger partial charge in [-0.1, -0.05) is 12.1 Å². The Labute approximate surface area is 116 Å². The first-order chi connectivity index (χ1) is 9.65. The third-order valence-corrected chi connectivity index (χ3v) is 2.50. The van der Waals surface area contributed by atoms with Gasteiger partial charge in [0.2, 0.25) is 5.91 Å². The number of nitrogens with one attached hydrogen (secondary N) is 2. The van der Waals surface area contributed by atoms with Crippen LogP contribution in [0.5, 0.6) is 0 Å². The summed E-state index contributed by atoms with van der Waals surface area (Å²) in [4.78, 5) is 30.5. The highest BCUT2D eigenvalue weighted by atomic mass is 16.2. The molecular weight excluding hydrogens is 256 g/mol. The van der Waals surface area contributed by atoms with Crippen LogP contribution in [0.3, 0.4) is 0 Å². The zero-order chi connectivity index (χ0) is 14.4. The molecule has 102 valence electrons. The summed E-state index contributed by atoms with van der Waals surface area (Å²) in [6.07, 6.45) is 4.38. The molecule has 0 saturated carbocycles. The summed E-state index contributed by atoms with van der Waals surface area (Å²) in [5.74, 6) is -0.422. The second-order valence-electron chi connectivity index (χ2n) is 4.15. The first kappa shape index (κ1) is 13.7. The van der Waals surface area contributed by atoms with E-state index in [1.165, 1.54) is 25.5 Å². The highest BCUT2D eigenvalue weighted by Crippen LogP contribution is 2.10. The summed E-state index contributed by atoms with van der Waals surface area (Å²) in [6.45, 7) is 1.80. The zero-order valence-electron chi connectivity index (χ0n) is 11.0. The molecule has 0 radical (unpaired) electrons. The molecule has 0 spiro atoms. The van der Waals surface area contributed by atoms with Crippen LogP contribution < -0.4 is 10.6 Å². The Hall–Kier alpha value is -2.76. The van der Waals surface area contributed by atoms with Crippen LogP contribution in [0.15, 0.2) is 42.9 Å². The SMILES string of the molecule is CC(=O)Nc1cccc(CNC(=O)c2cnccn2)c1. The fraction of sp³-hybridized carbons (Fsp3) is 0.143. The van der Waals surface area contributed by atoms with E-state index in [1.807, 2.05) is 12.1 Å². The van der Waals surface area contributed by atoms with Crippen molar-refractivity contribution in [3.8, 4) is 0 Å². The molecule has 0 saturated heterocycles. The number of carbonyl (C=O) groups is 2. The molecule has 2 amide bonds. The lowest BCUT2D eigenvalue weighted by molar-refractivity contribution is -0.114. The number of hydrogen-bond donors (Lipinski definition) is 2. The van der Waals surface area contributed by atoms with Crippen LogP contribution in [-0.2, 0) is 11.3 Å². The number of hydrogen-bond acceptors (Lipinski definition) is 4. The smallest absolute Gasteiger partial charge is 0.271 e. The van der Waals surface area contributed by atoms with Gasteiger partial charge in [0.1, 0.15) is 5.69 Å². The minimum absolute atomic E-state index is 0.134. The van der Waals surface area contributed by atoms with Gasteiger partial charge in [0.15, 0.2) is 0 Å². The molecule has 1 heterocycles. The van der Waals surface area contributed by atoms with Crippen molar-refractivity contribution in [2.24, 2.45) is 0 Å². The highest BCUT2D eigenvalue weighted by Gasteiger charge is 2.06. The van der Waals surface area contributed by atoms with Crippen LogP contribution in [0.4, 0.5) is 5.69 Å². The Balaban J connectivity index is 1.97. The predicted octanol–water partition coefficient (Wildman–Crippen LogP) is 1.36. The van der Waals surface area contributed by atoms with Crippen LogP contribution in [0.1, 0.15) is 23.0 Å². The van der Waals surface area contributed by atoms with Gasteiger partial charge < -0.3 is 10.6 Å². The first-order valence-corrected chi connectivity index (χ1v) is 6.06. The Morgan fingerprint density at radius 1 is 1.25 bits per heavy atom. The van der Waals surface area contributed by atoms with Gasteiger partial charge in [-0.05, 0) is 17.7 Å². The van der Waals surface area contributed by atoms with Crippen molar-refractivity contribution in [3.63, 3.8) is 0 Å². The molecule has 20 heavy (non-hydrogen) atoms. The topological polar surface area (TPSA) is 84.0 Å². The molecular formula is C14H14N4O2. The van der Waals surface area contributed by atoms with Gasteiger partial charge in [0.25, 0.3) is 5.91 Å². The molecule has 1 aromatic heterocycles. The number of amides is 2. The van der Waals surface area contributed by atoms with Crippen LogP contribution in [0, 0.1) is 0 Å². The minimum atomic E-state index is -0.289. The zero-order valence-corrected chi connectivity index (χ0v) is 11.0. The monoisotopic (exact) mass is 270 g/mol. The average molecular weight is 270 g/mol. The lowest BCUT2D eigenvalue weighted by atomic mass is 10.2. The minimum Gasteiger partial charge on any atom is -0.347 e. The molecule has 6 nitrogen and oxygen atoms in total. The van der Waals surface area contributed by atoms with Crippen molar-refractivity contribution >= 4 is 17.5 Å². The van der Waals surface area contributed by atoms with Crippen LogP contribution in [-0.4, -0.2) is 21.8 Å². The van der Waals surface area contributed by atoms with E-state index in [-0.39, 0.29) is 17.5 Å². The molecule has 0 unspecified atom stereocenters. The lowest BCUT2D eigenvalue weighted by Gasteiger charge is -2.07. The number of anilines is 1. The maximum atomic E-state index is 11.8. The molecule has 0 aliphatic rings. The molecule has 1 aromatic carbocycles. The molecule has 2 aromatic rings. The van der Waals surface area contributed by atoms with Gasteiger partial charge in [-0.15, -0.1) is 0 Å². The summed E-state index contributed by atoms with van der Waals surface area (Å²) in [7, 11) is 0. The molecule has 2 rings (SSSR count). The number of benzene rings is 1. The van der Waals surface area contributed by atoms with Gasteiger partial charge in [-0.2, -0.15) is 0 Å². The molecule has 0 bridgehead atoms. The summed E-state index contributed by atoms with van der Waals surface area (Å²) >= 11 is 0. The first-order valence-electron chi connectivity index (χ1n) is 6.06. The Kier molecular flexibility index (Phi) is 4.39. The summed E-state index contributed by atoms with van der Waals surface area (Å²) in [5, 5.41) is 5.43. The Morgan fingerprint density at radius 3 is 2.80 bits per heavy atom. The molecule has 0 aliphatic carbocycles. The van der Waals surface area contributed by atoms with Crippen molar-refractivity contribution in [3.05, 3.63) is 54.1 Å². The number of aromatic nitrogens is 2. The van der Waals surface area contributed by atoms with Gasteiger partial charge >= 0.3 is 0 Å². The summed E-state index contributed by atoms with van der Waals surface area (Å²) in [6, 6.07) is 7.27. The molecule has 0 fully saturated rings. The maximum absolute atomic E-state index is 11.8. The van der Waals surface area contributed by atoms with Crippen molar-refractivity contribution < 1.29 is 9.59 Å². The summed E-state index contributed by atoms with van der Waals surface area (Å²) in [5.41, 5.74) is 1.85. The van der Waals surface area contributed by atoms with Gasteiger partial charge in [-0.3, -0.25) is 14.6 Å². The van der Waals surface area contributed by atoms with E-state index < -0.39 is 0 Å². The largest absolute Gasteiger partial charge is 0.347 e. The van der Waals surface area contributed by atoms with Gasteiger partial charge in [0, 0.05) is 31.5 Å². The van der Waals surface area contributed by atoms with E-state index in [4.69, 9.17) is 0 Å². The van der Waals surface area contributed by atoms with E-state index in [9.17, 15) is 9.59 Å². The van der Waals surface area contributed by atoms with Crippen LogP contribution >= 0.6 is 0 Å². The van der Waals surface area contributed by atoms with E-state index >= 15 is 0 Å². The van der Waals surface area contributed by atoms with Crippen molar-refractivity contribution in [2.75, 3.05) is 5.32 Å². The third-order valence-electron chi connectivity index (χ3n) is 2.50. The average Bonchev–Trinajstić information content (AvgIpc) is 2.45. The van der Waals surface area contributed by atoms with Gasteiger partial charge in [0.05, 0.1) is 6.20 Å². The Morgan fingerprint density at radius 2 is 2.10 bits per heavy atom. The van der Waals surface area contributed by atoms with E-state index in [0.29, 0.717) is 12.2 Å². The summed E-state index contributed by atoms with van der Waals surface area (Å²) < 4.78 is 0. The van der Waals surface area contributed by atoms with E-state index in [1.54, 1.807) is 12.1 Å². The van der Waals surface area contributed by atoms with E-state index in [2.05, 4.69) is 20.6 Å². The standard InChI is InChI=1S/C14H14N4O2/c1-10(19)18-12-4-2-3-11(7-12)8-17-14(20)13-9-15-5-6-16-13/h2-7,9H,8H2,1H3,(H,17,20)(H,18,19). The predicted molar refractivity (Wildman–Crippen MR) is 73.9 cm³/mol. The fourth-order valence-corrected chi connectivity index (χ4v) is 1.65. The second-order valence-corrected chi connectivity index (χ2v) is 4.15. The van der Waals surface area contributed by atoms with Crippen LogP contribution in [0.2, 0.25) is 0 Å². The number of carbonyl (C=O) groups excluding carboxylic acids is 2. The third kappa shape index (κ3) is 3.88. The van der Waals surface area contributed by atoms with Crippen LogP contribution in [0.25, 0.3) is 0 Å². The van der Waals surface area contributed by atoms with Gasteiger partial charge in [-0.25, -0.2) is 4.98 Å². The van der Waals surface area contributed by atoms with Crippen molar-refractivity contribution in [1.82, 2.24) is 15.3 Å². The molecule has 0 aliphatic heterocycles. The maximum Gasteiger partial charge on any atom is 0.271 e. The molecule has 2 N–H and O–H groups in total. The quantitative estimate of drug-likeness (QED) is 0.878. The second kappa shape index (κ2) is 6.42. The van der Waals surface area contributed by atoms with Crippen molar-refractivity contribution in [1.29, 1.82) is 0 Å². The molecule has 6 heteroatoms. The fourth-order valence-electron chi connectivity index (χ4n) is 1.65. The number of nitrogens with zero attached hydrogens (tertiary/aromatic N) is 2. The lowest BCUT2D eigenvalue weighted by Crippen LogP contribution is -2.23. The van der Waals surface area contributed by atoms with Crippen molar-refractivity contribution in [2.45, 2.75) is 13.5 Å². The number of rotatable bonds is 4. The van der Waals surface area contributed by atoms with E-state index in [0.717, 1.165) is 5.56 Å². The molecule has 0 atom stereocenters. The Bertz CT molecular complexity index is 614.